The molecule has 0 atom stereocenters. The van der Waals surface area contributed by atoms with E-state index in [0.29, 0.717) is 33.2 Å². The fraction of sp³-hybridized carbons (Fsp3) is 0.0833. The minimum absolute atomic E-state index is 0.238. The van der Waals surface area contributed by atoms with Gasteiger partial charge in [0.2, 0.25) is 11.1 Å². The first kappa shape index (κ1) is 13.5. The van der Waals surface area contributed by atoms with Crippen LogP contribution in [0.25, 0.3) is 11.0 Å². The van der Waals surface area contributed by atoms with Gasteiger partial charge in [-0.1, -0.05) is 30.0 Å². The minimum Gasteiger partial charge on any atom is -0.459 e. The third kappa shape index (κ3) is 2.56. The van der Waals surface area contributed by atoms with Crippen LogP contribution >= 0.6 is 11.8 Å². The third-order valence-electron chi connectivity index (χ3n) is 2.84. The minimum atomic E-state index is -0.398. The fourth-order valence-corrected chi connectivity index (χ4v) is 2.71. The SMILES string of the molecule is NNC(=O)c1c(CSc2n[nH]c(N)n2)oc2ccccc12. The number of H-pyrrole nitrogens is 1. The summed E-state index contributed by atoms with van der Waals surface area (Å²) < 4.78 is 5.72. The molecule has 0 spiro atoms. The zero-order valence-corrected chi connectivity index (χ0v) is 11.6. The number of rotatable bonds is 4. The van der Waals surface area contributed by atoms with E-state index in [2.05, 4.69) is 20.6 Å². The van der Waals surface area contributed by atoms with Crippen molar-refractivity contribution in [2.75, 3.05) is 5.73 Å². The standard InChI is InChI=1S/C12H12N6O2S/c13-11-15-12(18-17-11)21-5-8-9(10(19)16-14)6-3-1-2-4-7(6)20-8/h1-4H,5,14H2,(H,16,19)(H3,13,15,17,18). The molecule has 9 heteroatoms. The maximum Gasteiger partial charge on any atom is 0.269 e. The summed E-state index contributed by atoms with van der Waals surface area (Å²) in [7, 11) is 0. The summed E-state index contributed by atoms with van der Waals surface area (Å²) in [6.45, 7) is 0. The number of benzene rings is 1. The first-order chi connectivity index (χ1) is 10.2. The van der Waals surface area contributed by atoms with E-state index < -0.39 is 5.91 Å². The zero-order valence-electron chi connectivity index (χ0n) is 10.8. The van der Waals surface area contributed by atoms with Crippen LogP contribution in [0, 0.1) is 0 Å². The predicted molar refractivity (Wildman–Crippen MR) is 78.2 cm³/mol. The maximum absolute atomic E-state index is 12.0. The number of furan rings is 1. The zero-order chi connectivity index (χ0) is 14.8. The number of hydrogen-bond donors (Lipinski definition) is 4. The van der Waals surface area contributed by atoms with Crippen LogP contribution in [-0.4, -0.2) is 21.1 Å². The molecule has 3 rings (SSSR count). The Labute approximate surface area is 123 Å². The van der Waals surface area contributed by atoms with Crippen molar-refractivity contribution in [3.63, 3.8) is 0 Å². The van der Waals surface area contributed by atoms with Gasteiger partial charge in [0.05, 0.1) is 11.3 Å². The Balaban J connectivity index is 1.95. The second-order valence-electron chi connectivity index (χ2n) is 4.16. The summed E-state index contributed by atoms with van der Waals surface area (Å²) in [6.07, 6.45) is 0. The number of anilines is 1. The second-order valence-corrected chi connectivity index (χ2v) is 5.10. The van der Waals surface area contributed by atoms with Gasteiger partial charge in [0, 0.05) is 5.39 Å². The van der Waals surface area contributed by atoms with Crippen LogP contribution in [0.5, 0.6) is 0 Å². The van der Waals surface area contributed by atoms with Crippen molar-refractivity contribution in [3.8, 4) is 0 Å². The van der Waals surface area contributed by atoms with Gasteiger partial charge in [0.25, 0.3) is 5.91 Å². The summed E-state index contributed by atoms with van der Waals surface area (Å²) in [6, 6.07) is 7.27. The number of para-hydroxylation sites is 1. The number of thioether (sulfide) groups is 1. The van der Waals surface area contributed by atoms with Gasteiger partial charge in [-0.2, -0.15) is 4.98 Å². The van der Waals surface area contributed by atoms with E-state index >= 15 is 0 Å². The molecule has 108 valence electrons. The molecule has 0 bridgehead atoms. The molecule has 0 aliphatic heterocycles. The molecule has 21 heavy (non-hydrogen) atoms. The number of carbonyl (C=O) groups excluding carboxylic acids is 1. The van der Waals surface area contributed by atoms with E-state index in [-0.39, 0.29) is 5.95 Å². The first-order valence-corrected chi connectivity index (χ1v) is 6.99. The average Bonchev–Trinajstić information content (AvgIpc) is 3.07. The molecule has 0 saturated heterocycles. The molecular weight excluding hydrogens is 292 g/mol. The van der Waals surface area contributed by atoms with Gasteiger partial charge in [-0.3, -0.25) is 10.2 Å². The Hall–Kier alpha value is -2.52. The highest BCUT2D eigenvalue weighted by Crippen LogP contribution is 2.30. The van der Waals surface area contributed by atoms with E-state index in [1.165, 1.54) is 11.8 Å². The summed E-state index contributed by atoms with van der Waals surface area (Å²) in [5.41, 5.74) is 8.65. The Morgan fingerprint density at radius 2 is 2.24 bits per heavy atom. The molecule has 2 heterocycles. The topological polar surface area (TPSA) is 136 Å². The predicted octanol–water partition coefficient (Wildman–Crippen LogP) is 1.03. The molecule has 1 aromatic carbocycles. The van der Waals surface area contributed by atoms with E-state index in [1.54, 1.807) is 6.07 Å². The third-order valence-corrected chi connectivity index (χ3v) is 3.69. The summed E-state index contributed by atoms with van der Waals surface area (Å²) in [4.78, 5) is 15.9. The average molecular weight is 304 g/mol. The molecule has 0 saturated carbocycles. The lowest BCUT2D eigenvalue weighted by atomic mass is 10.1. The van der Waals surface area contributed by atoms with Crippen molar-refractivity contribution in [1.29, 1.82) is 0 Å². The van der Waals surface area contributed by atoms with Crippen LogP contribution in [0.4, 0.5) is 5.95 Å². The number of carbonyl (C=O) groups is 1. The number of aromatic nitrogens is 3. The van der Waals surface area contributed by atoms with Gasteiger partial charge >= 0.3 is 0 Å². The first-order valence-electron chi connectivity index (χ1n) is 6.01. The van der Waals surface area contributed by atoms with Crippen LogP contribution in [0.2, 0.25) is 0 Å². The molecule has 3 aromatic rings. The van der Waals surface area contributed by atoms with Gasteiger partial charge < -0.3 is 10.2 Å². The van der Waals surface area contributed by atoms with Crippen molar-refractivity contribution < 1.29 is 9.21 Å². The lowest BCUT2D eigenvalue weighted by molar-refractivity contribution is 0.0953. The summed E-state index contributed by atoms with van der Waals surface area (Å²) >= 11 is 1.30. The largest absolute Gasteiger partial charge is 0.459 e. The lowest BCUT2D eigenvalue weighted by Gasteiger charge is -2.00. The van der Waals surface area contributed by atoms with Gasteiger partial charge in [-0.25, -0.2) is 10.9 Å². The molecule has 2 aromatic heterocycles. The quantitative estimate of drug-likeness (QED) is 0.244. The number of nitrogens with zero attached hydrogens (tertiary/aromatic N) is 2. The van der Waals surface area contributed by atoms with Gasteiger partial charge in [-0.15, -0.1) is 5.10 Å². The number of nitrogens with two attached hydrogens (primary N) is 2. The Morgan fingerprint density at radius 1 is 1.43 bits per heavy atom. The molecule has 0 unspecified atom stereocenters. The molecule has 0 aliphatic rings. The molecular formula is C12H12N6O2S. The van der Waals surface area contributed by atoms with E-state index in [0.717, 1.165) is 0 Å². The van der Waals surface area contributed by atoms with Crippen LogP contribution in [0.3, 0.4) is 0 Å². The van der Waals surface area contributed by atoms with E-state index in [1.807, 2.05) is 18.2 Å². The highest BCUT2D eigenvalue weighted by molar-refractivity contribution is 7.98. The van der Waals surface area contributed by atoms with E-state index in [9.17, 15) is 4.79 Å². The number of nitrogen functional groups attached to an aromatic ring is 2. The summed E-state index contributed by atoms with van der Waals surface area (Å²) in [5, 5.41) is 7.65. The molecule has 8 nitrogen and oxygen atoms in total. The van der Waals surface area contributed by atoms with Crippen LogP contribution in [0.15, 0.2) is 33.8 Å². The molecule has 0 radical (unpaired) electrons. The lowest BCUT2D eigenvalue weighted by Crippen LogP contribution is -2.30. The maximum atomic E-state index is 12.0. The van der Waals surface area contributed by atoms with Gasteiger partial charge in [0.15, 0.2) is 0 Å². The number of hydrazine groups is 1. The molecule has 0 aliphatic carbocycles. The monoisotopic (exact) mass is 304 g/mol. The second kappa shape index (κ2) is 5.46. The molecule has 0 fully saturated rings. The van der Waals surface area contributed by atoms with Crippen molar-refractivity contribution in [2.24, 2.45) is 5.84 Å². The smallest absolute Gasteiger partial charge is 0.269 e. The number of fused-ring (bicyclic) bond motifs is 1. The van der Waals surface area contributed by atoms with Gasteiger partial charge in [0.1, 0.15) is 11.3 Å². The number of nitrogens with one attached hydrogen (secondary N) is 2. The molecule has 6 N–H and O–H groups in total. The van der Waals surface area contributed by atoms with Crippen molar-refractivity contribution in [1.82, 2.24) is 20.6 Å². The van der Waals surface area contributed by atoms with Crippen LogP contribution in [0.1, 0.15) is 16.1 Å². The van der Waals surface area contributed by atoms with Crippen molar-refractivity contribution in [3.05, 3.63) is 35.6 Å². The highest BCUT2D eigenvalue weighted by Gasteiger charge is 2.20. The van der Waals surface area contributed by atoms with E-state index in [4.69, 9.17) is 16.0 Å². The Kier molecular flexibility index (Phi) is 3.50. The van der Waals surface area contributed by atoms with Crippen molar-refractivity contribution >= 4 is 34.6 Å². The Bertz CT molecular complexity index is 796. The number of amides is 1. The van der Waals surface area contributed by atoms with Gasteiger partial charge in [-0.05, 0) is 6.07 Å². The number of hydrogen-bond acceptors (Lipinski definition) is 7. The summed E-state index contributed by atoms with van der Waals surface area (Å²) in [5.74, 6) is 5.97. The normalized spacial score (nSPS) is 10.9. The van der Waals surface area contributed by atoms with Crippen molar-refractivity contribution in [2.45, 2.75) is 10.9 Å². The Morgan fingerprint density at radius 3 is 2.95 bits per heavy atom. The fourth-order valence-electron chi connectivity index (χ4n) is 1.97. The number of aromatic amines is 1. The van der Waals surface area contributed by atoms with Crippen LogP contribution < -0.4 is 17.0 Å². The molecule has 1 amide bonds. The highest BCUT2D eigenvalue weighted by atomic mass is 32.2. The van der Waals surface area contributed by atoms with Crippen LogP contribution in [-0.2, 0) is 5.75 Å².